The second-order valence-electron chi connectivity index (χ2n) is 0.902. The predicted molar refractivity (Wildman–Crippen MR) is 19.4 cm³/mol. The third-order valence-electron chi connectivity index (χ3n) is 0.448. The summed E-state index contributed by atoms with van der Waals surface area (Å²) in [4.78, 5) is 4.43. The van der Waals surface area contributed by atoms with E-state index >= 15 is 0 Å². The first-order chi connectivity index (χ1) is 2.89. The molecule has 0 unspecified atom stereocenters. The van der Waals surface area contributed by atoms with E-state index in [4.69, 9.17) is 5.84 Å². The molecule has 0 aromatic heterocycles. The lowest BCUT2D eigenvalue weighted by molar-refractivity contribution is 0.0359. The summed E-state index contributed by atoms with van der Waals surface area (Å²) in [5.41, 5.74) is 2.32. The topological polar surface area (TPSA) is 50.5 Å². The average molecular weight is 87.1 g/mol. The van der Waals surface area contributed by atoms with Gasteiger partial charge in [-0.05, 0) is 0 Å². The van der Waals surface area contributed by atoms with Gasteiger partial charge in [-0.2, -0.15) is 0 Å². The minimum atomic E-state index is 1.21. The Labute approximate surface area is 35.1 Å². The standard InChI is InChI=1S/C2H5N3O/c3-5-1-2-6-4-5/h1-2,4H,3H2. The van der Waals surface area contributed by atoms with Gasteiger partial charge in [-0.1, -0.05) is 5.59 Å². The maximum atomic E-state index is 5.05. The van der Waals surface area contributed by atoms with Gasteiger partial charge in [0, 0.05) is 0 Å². The number of hydrogen-bond acceptors (Lipinski definition) is 4. The molecule has 1 aliphatic heterocycles. The van der Waals surface area contributed by atoms with Gasteiger partial charge in [-0.15, -0.1) is 0 Å². The molecule has 0 aromatic carbocycles. The number of nitrogens with one attached hydrogen (secondary N) is 1. The van der Waals surface area contributed by atoms with Crippen LogP contribution < -0.4 is 11.4 Å². The van der Waals surface area contributed by atoms with Gasteiger partial charge in [0.1, 0.15) is 6.26 Å². The van der Waals surface area contributed by atoms with E-state index in [9.17, 15) is 0 Å². The molecule has 1 aliphatic rings. The summed E-state index contributed by atoms with van der Waals surface area (Å²) >= 11 is 0. The first-order valence-electron chi connectivity index (χ1n) is 1.51. The summed E-state index contributed by atoms with van der Waals surface area (Å²) in [6.07, 6.45) is 3.00. The Balaban J connectivity index is 2.38. The molecule has 4 heteroatoms. The minimum absolute atomic E-state index is 1.21. The Morgan fingerprint density at radius 2 is 2.67 bits per heavy atom. The van der Waals surface area contributed by atoms with E-state index in [1.165, 1.54) is 11.4 Å². The third-order valence-corrected chi connectivity index (χ3v) is 0.448. The highest BCUT2D eigenvalue weighted by Crippen LogP contribution is 1.82. The highest BCUT2D eigenvalue weighted by molar-refractivity contribution is 4.70. The number of hydrogen-bond donors (Lipinski definition) is 2. The first-order valence-corrected chi connectivity index (χ1v) is 1.51. The molecule has 0 radical (unpaired) electrons. The maximum absolute atomic E-state index is 5.05. The zero-order valence-electron chi connectivity index (χ0n) is 3.09. The molecule has 0 amide bonds. The molecule has 0 bridgehead atoms. The second-order valence-corrected chi connectivity index (χ2v) is 0.902. The molecule has 0 saturated heterocycles. The molecule has 0 aliphatic carbocycles. The van der Waals surface area contributed by atoms with Gasteiger partial charge in [0.05, 0.1) is 6.20 Å². The summed E-state index contributed by atoms with van der Waals surface area (Å²) in [6, 6.07) is 0. The van der Waals surface area contributed by atoms with Gasteiger partial charge < -0.3 is 4.84 Å². The van der Waals surface area contributed by atoms with Crippen LogP contribution in [0.2, 0.25) is 0 Å². The maximum Gasteiger partial charge on any atom is 0.132 e. The van der Waals surface area contributed by atoms with Crippen LogP contribution in [0.4, 0.5) is 0 Å². The molecule has 6 heavy (non-hydrogen) atoms. The molecule has 0 atom stereocenters. The lowest BCUT2D eigenvalue weighted by Crippen LogP contribution is -2.33. The summed E-state index contributed by atoms with van der Waals surface area (Å²) in [6.45, 7) is 0. The molecule has 3 N–H and O–H groups in total. The molecule has 0 saturated carbocycles. The fourth-order valence-corrected chi connectivity index (χ4v) is 0.218. The summed E-state index contributed by atoms with van der Waals surface area (Å²) < 4.78 is 0. The van der Waals surface area contributed by atoms with Crippen LogP contribution in [-0.2, 0) is 4.84 Å². The van der Waals surface area contributed by atoms with Crippen molar-refractivity contribution < 1.29 is 4.84 Å². The molecular weight excluding hydrogens is 82.0 g/mol. The lowest BCUT2D eigenvalue weighted by atomic mass is 11.0. The highest BCUT2D eigenvalue weighted by atomic mass is 16.7. The molecule has 4 nitrogen and oxygen atoms in total. The smallest absolute Gasteiger partial charge is 0.132 e. The summed E-state index contributed by atoms with van der Waals surface area (Å²) in [7, 11) is 0. The number of nitrogens with zero attached hydrogens (tertiary/aromatic N) is 1. The molecule has 34 valence electrons. The fraction of sp³-hybridized carbons (Fsp3) is 0. The Morgan fingerprint density at radius 1 is 1.83 bits per heavy atom. The zero-order valence-corrected chi connectivity index (χ0v) is 3.09. The molecule has 0 aromatic rings. The van der Waals surface area contributed by atoms with Gasteiger partial charge in [0.2, 0.25) is 0 Å². The number of rotatable bonds is 0. The van der Waals surface area contributed by atoms with Crippen LogP contribution >= 0.6 is 0 Å². The monoisotopic (exact) mass is 87.0 g/mol. The molecule has 0 spiro atoms. The molecule has 1 rings (SSSR count). The van der Waals surface area contributed by atoms with Crippen molar-refractivity contribution in [3.8, 4) is 0 Å². The summed E-state index contributed by atoms with van der Waals surface area (Å²) in [5, 5.41) is 1.21. The van der Waals surface area contributed by atoms with Crippen molar-refractivity contribution in [2.24, 2.45) is 5.84 Å². The Kier molecular flexibility index (Phi) is 0.664. The third kappa shape index (κ3) is 0.425. The van der Waals surface area contributed by atoms with Crippen molar-refractivity contribution in [1.29, 1.82) is 0 Å². The van der Waals surface area contributed by atoms with E-state index in [1.54, 1.807) is 6.20 Å². The zero-order chi connectivity index (χ0) is 4.41. The Hall–Kier alpha value is -0.740. The predicted octanol–water partition coefficient (Wildman–Crippen LogP) is -0.917. The summed E-state index contributed by atoms with van der Waals surface area (Å²) in [5.74, 6) is 5.05. The second kappa shape index (κ2) is 1.16. The normalized spacial score (nSPS) is 18.5. The Morgan fingerprint density at radius 3 is 2.83 bits per heavy atom. The number of hydrazine groups is 2. The molecular formula is C2H5N3O. The van der Waals surface area contributed by atoms with E-state index in [2.05, 4.69) is 10.4 Å². The van der Waals surface area contributed by atoms with Crippen molar-refractivity contribution in [3.63, 3.8) is 0 Å². The van der Waals surface area contributed by atoms with Crippen LogP contribution in [0, 0.1) is 0 Å². The molecule has 0 fully saturated rings. The van der Waals surface area contributed by atoms with E-state index in [-0.39, 0.29) is 0 Å². The SMILES string of the molecule is NN1C=CON1. The quantitative estimate of drug-likeness (QED) is 0.375. The van der Waals surface area contributed by atoms with E-state index in [0.717, 1.165) is 0 Å². The van der Waals surface area contributed by atoms with Gasteiger partial charge in [-0.25, -0.2) is 11.0 Å². The lowest BCUT2D eigenvalue weighted by Gasteiger charge is -2.01. The van der Waals surface area contributed by atoms with Crippen molar-refractivity contribution in [2.45, 2.75) is 0 Å². The van der Waals surface area contributed by atoms with Crippen LogP contribution in [0.3, 0.4) is 0 Å². The first kappa shape index (κ1) is 3.45. The van der Waals surface area contributed by atoms with Gasteiger partial charge in [-0.3, -0.25) is 0 Å². The molecule has 1 heterocycles. The van der Waals surface area contributed by atoms with Crippen LogP contribution in [-0.4, -0.2) is 5.12 Å². The van der Waals surface area contributed by atoms with Crippen LogP contribution in [0.15, 0.2) is 12.5 Å². The number of nitrogens with two attached hydrogens (primary N) is 1. The van der Waals surface area contributed by atoms with Gasteiger partial charge in [0.15, 0.2) is 0 Å². The Bertz CT molecular complexity index is 71.2. The van der Waals surface area contributed by atoms with E-state index in [1.807, 2.05) is 0 Å². The van der Waals surface area contributed by atoms with E-state index < -0.39 is 0 Å². The van der Waals surface area contributed by atoms with E-state index in [0.29, 0.717) is 0 Å². The fourth-order valence-electron chi connectivity index (χ4n) is 0.218. The van der Waals surface area contributed by atoms with Crippen molar-refractivity contribution >= 4 is 0 Å². The van der Waals surface area contributed by atoms with Crippen molar-refractivity contribution in [1.82, 2.24) is 10.7 Å². The van der Waals surface area contributed by atoms with Crippen LogP contribution in [0.5, 0.6) is 0 Å². The van der Waals surface area contributed by atoms with Crippen molar-refractivity contribution in [2.75, 3.05) is 0 Å². The van der Waals surface area contributed by atoms with Crippen LogP contribution in [0.25, 0.3) is 0 Å². The van der Waals surface area contributed by atoms with Gasteiger partial charge in [0.25, 0.3) is 0 Å². The minimum Gasteiger partial charge on any atom is -0.394 e. The van der Waals surface area contributed by atoms with Gasteiger partial charge >= 0.3 is 0 Å². The van der Waals surface area contributed by atoms with Crippen molar-refractivity contribution in [3.05, 3.63) is 12.5 Å². The van der Waals surface area contributed by atoms with Crippen LogP contribution in [0.1, 0.15) is 0 Å². The largest absolute Gasteiger partial charge is 0.394 e. The highest BCUT2D eigenvalue weighted by Gasteiger charge is 1.92. The average Bonchev–Trinajstić information content (AvgIpc) is 1.86.